The predicted octanol–water partition coefficient (Wildman–Crippen LogP) is 2.41. The first-order valence-corrected chi connectivity index (χ1v) is 7.77. The molecule has 1 aliphatic heterocycles. The number of piperidine rings is 1. The van der Waals surface area contributed by atoms with Gasteiger partial charge in [-0.25, -0.2) is 0 Å². The third kappa shape index (κ3) is 4.00. The quantitative estimate of drug-likeness (QED) is 0.937. The Morgan fingerprint density at radius 2 is 2.00 bits per heavy atom. The maximum absolute atomic E-state index is 12.4. The molecule has 8 heteroatoms. The Hall–Kier alpha value is -1.67. The highest BCUT2D eigenvalue weighted by Gasteiger charge is 2.32. The number of hydrogen-bond donors (Lipinski definition) is 1. The smallest absolute Gasteiger partial charge is 0.305 e. The molecular formula is C15H20F3N5. The van der Waals surface area contributed by atoms with E-state index in [1.165, 1.54) is 4.90 Å². The van der Waals surface area contributed by atoms with E-state index >= 15 is 0 Å². The van der Waals surface area contributed by atoms with Crippen LogP contribution in [0.25, 0.3) is 5.65 Å². The van der Waals surface area contributed by atoms with Gasteiger partial charge in [0, 0.05) is 12.2 Å². The Morgan fingerprint density at radius 1 is 1.26 bits per heavy atom. The van der Waals surface area contributed by atoms with E-state index in [0.717, 1.165) is 11.5 Å². The fourth-order valence-corrected chi connectivity index (χ4v) is 3.09. The number of rotatable bonds is 4. The summed E-state index contributed by atoms with van der Waals surface area (Å²) in [5.41, 5.74) is 0.788. The van der Waals surface area contributed by atoms with Gasteiger partial charge in [0.15, 0.2) is 11.5 Å². The van der Waals surface area contributed by atoms with Crippen LogP contribution < -0.4 is 5.32 Å². The van der Waals surface area contributed by atoms with Gasteiger partial charge in [-0.05, 0) is 45.0 Å². The molecule has 2 aromatic rings. The zero-order valence-electron chi connectivity index (χ0n) is 12.9. The number of alkyl halides is 3. The highest BCUT2D eigenvalue weighted by Crippen LogP contribution is 2.21. The average Bonchev–Trinajstić information content (AvgIpc) is 2.92. The van der Waals surface area contributed by atoms with Crippen LogP contribution in [0, 0.1) is 0 Å². The minimum Gasteiger partial charge on any atom is -0.305 e. The third-order valence-corrected chi connectivity index (χ3v) is 4.20. The summed E-state index contributed by atoms with van der Waals surface area (Å²) in [5, 5.41) is 11.8. The van der Waals surface area contributed by atoms with Crippen molar-refractivity contribution in [1.82, 2.24) is 24.8 Å². The molecule has 0 amide bonds. The topological polar surface area (TPSA) is 45.5 Å². The lowest BCUT2D eigenvalue weighted by Crippen LogP contribution is -2.46. The van der Waals surface area contributed by atoms with Crippen molar-refractivity contribution in [1.29, 1.82) is 0 Å². The fraction of sp³-hybridized carbons (Fsp3) is 0.600. The van der Waals surface area contributed by atoms with Crippen LogP contribution in [0.4, 0.5) is 13.2 Å². The molecule has 126 valence electrons. The number of nitrogens with one attached hydrogen (secondary N) is 1. The Labute approximate surface area is 132 Å². The van der Waals surface area contributed by atoms with Gasteiger partial charge in [0.25, 0.3) is 0 Å². The standard InChI is InChI=1S/C15H20F3N5/c1-11(14-21-20-13-4-2-3-7-23(13)14)19-12-5-8-22(9-6-12)10-15(16,17)18/h2-4,7,11-12,19H,5-6,8-10H2,1H3. The highest BCUT2D eigenvalue weighted by molar-refractivity contribution is 5.37. The van der Waals surface area contributed by atoms with Gasteiger partial charge < -0.3 is 5.32 Å². The summed E-state index contributed by atoms with van der Waals surface area (Å²) in [4.78, 5) is 1.47. The van der Waals surface area contributed by atoms with E-state index in [1.807, 2.05) is 35.7 Å². The maximum Gasteiger partial charge on any atom is 0.401 e. The Kier molecular flexibility index (Phi) is 4.54. The molecule has 0 radical (unpaired) electrons. The lowest BCUT2D eigenvalue weighted by atomic mass is 10.0. The normalized spacial score (nSPS) is 19.3. The molecule has 0 bridgehead atoms. The molecule has 5 nitrogen and oxygen atoms in total. The van der Waals surface area contributed by atoms with Gasteiger partial charge in [0.1, 0.15) is 0 Å². The number of halogens is 3. The van der Waals surface area contributed by atoms with Crippen LogP contribution >= 0.6 is 0 Å². The van der Waals surface area contributed by atoms with Crippen LogP contribution in [0.15, 0.2) is 24.4 Å². The van der Waals surface area contributed by atoms with Crippen LogP contribution in [-0.4, -0.2) is 51.4 Å². The molecule has 1 atom stereocenters. The average molecular weight is 327 g/mol. The molecule has 0 aliphatic carbocycles. The molecule has 0 saturated carbocycles. The lowest BCUT2D eigenvalue weighted by Gasteiger charge is -2.33. The summed E-state index contributed by atoms with van der Waals surface area (Å²) >= 11 is 0. The minimum absolute atomic E-state index is 0.00781. The van der Waals surface area contributed by atoms with Gasteiger partial charge in [-0.15, -0.1) is 10.2 Å². The van der Waals surface area contributed by atoms with E-state index in [0.29, 0.717) is 25.9 Å². The third-order valence-electron chi connectivity index (χ3n) is 4.20. The number of likely N-dealkylation sites (tertiary alicyclic amines) is 1. The van der Waals surface area contributed by atoms with E-state index in [9.17, 15) is 13.2 Å². The zero-order valence-corrected chi connectivity index (χ0v) is 12.9. The van der Waals surface area contributed by atoms with E-state index in [-0.39, 0.29) is 12.1 Å². The molecule has 1 N–H and O–H groups in total. The largest absolute Gasteiger partial charge is 0.401 e. The second-order valence-corrected chi connectivity index (χ2v) is 6.04. The molecule has 0 aromatic carbocycles. The van der Waals surface area contributed by atoms with Crippen LogP contribution in [0.3, 0.4) is 0 Å². The van der Waals surface area contributed by atoms with Gasteiger partial charge in [-0.2, -0.15) is 13.2 Å². The van der Waals surface area contributed by atoms with Crippen LogP contribution in [-0.2, 0) is 0 Å². The predicted molar refractivity (Wildman–Crippen MR) is 80.1 cm³/mol. The molecular weight excluding hydrogens is 307 g/mol. The van der Waals surface area contributed by atoms with Gasteiger partial charge in [0.05, 0.1) is 12.6 Å². The second-order valence-electron chi connectivity index (χ2n) is 6.04. The molecule has 1 unspecified atom stereocenters. The summed E-state index contributed by atoms with van der Waals surface area (Å²) in [7, 11) is 0. The number of nitrogens with zero attached hydrogens (tertiary/aromatic N) is 4. The van der Waals surface area contributed by atoms with Crippen LogP contribution in [0.5, 0.6) is 0 Å². The summed E-state index contributed by atoms with van der Waals surface area (Å²) in [6.07, 6.45) is -0.795. The first kappa shape index (κ1) is 16.2. The highest BCUT2D eigenvalue weighted by atomic mass is 19.4. The lowest BCUT2D eigenvalue weighted by molar-refractivity contribution is -0.148. The first-order chi connectivity index (χ1) is 10.9. The SMILES string of the molecule is CC(NC1CCN(CC(F)(F)F)CC1)c1nnc2ccccn12. The van der Waals surface area contributed by atoms with E-state index in [2.05, 4.69) is 15.5 Å². The van der Waals surface area contributed by atoms with Crippen molar-refractivity contribution in [3.63, 3.8) is 0 Å². The molecule has 1 saturated heterocycles. The summed E-state index contributed by atoms with van der Waals surface area (Å²) in [5.74, 6) is 0.818. The fourth-order valence-electron chi connectivity index (χ4n) is 3.09. The Morgan fingerprint density at radius 3 is 2.70 bits per heavy atom. The van der Waals surface area contributed by atoms with Gasteiger partial charge in [-0.3, -0.25) is 9.30 Å². The van der Waals surface area contributed by atoms with Crippen molar-refractivity contribution in [2.45, 2.75) is 38.0 Å². The van der Waals surface area contributed by atoms with E-state index in [4.69, 9.17) is 0 Å². The van der Waals surface area contributed by atoms with Crippen molar-refractivity contribution >= 4 is 5.65 Å². The van der Waals surface area contributed by atoms with Crippen molar-refractivity contribution in [3.8, 4) is 0 Å². The summed E-state index contributed by atoms with van der Waals surface area (Å²) in [6, 6.07) is 5.90. The van der Waals surface area contributed by atoms with Crippen molar-refractivity contribution in [2.75, 3.05) is 19.6 Å². The molecule has 3 heterocycles. The molecule has 2 aromatic heterocycles. The summed E-state index contributed by atoms with van der Waals surface area (Å²) < 4.78 is 39.1. The first-order valence-electron chi connectivity index (χ1n) is 7.77. The molecule has 3 rings (SSSR count). The monoisotopic (exact) mass is 327 g/mol. The van der Waals surface area contributed by atoms with Gasteiger partial charge in [0.2, 0.25) is 0 Å². The molecule has 1 aliphatic rings. The van der Waals surface area contributed by atoms with Crippen molar-refractivity contribution in [2.24, 2.45) is 0 Å². The minimum atomic E-state index is -4.12. The number of hydrogen-bond acceptors (Lipinski definition) is 4. The maximum atomic E-state index is 12.4. The summed E-state index contributed by atoms with van der Waals surface area (Å²) in [6.45, 7) is 2.12. The zero-order chi connectivity index (χ0) is 16.4. The Balaban J connectivity index is 1.56. The van der Waals surface area contributed by atoms with Crippen molar-refractivity contribution in [3.05, 3.63) is 30.2 Å². The molecule has 0 spiro atoms. The molecule has 23 heavy (non-hydrogen) atoms. The Bertz CT molecular complexity index is 646. The van der Waals surface area contributed by atoms with Gasteiger partial charge >= 0.3 is 6.18 Å². The molecule has 1 fully saturated rings. The van der Waals surface area contributed by atoms with Crippen molar-refractivity contribution < 1.29 is 13.2 Å². The number of pyridine rings is 1. The van der Waals surface area contributed by atoms with Crippen LogP contribution in [0.1, 0.15) is 31.6 Å². The number of aromatic nitrogens is 3. The van der Waals surface area contributed by atoms with E-state index in [1.54, 1.807) is 0 Å². The van der Waals surface area contributed by atoms with E-state index < -0.39 is 12.7 Å². The second kappa shape index (κ2) is 6.45. The van der Waals surface area contributed by atoms with Crippen LogP contribution in [0.2, 0.25) is 0 Å². The number of fused-ring (bicyclic) bond motifs is 1. The van der Waals surface area contributed by atoms with Gasteiger partial charge in [-0.1, -0.05) is 6.07 Å².